The minimum atomic E-state index is -4.47. The molecule has 0 radical (unpaired) electrons. The minimum absolute atomic E-state index is 0.185. The van der Waals surface area contributed by atoms with Crippen molar-refractivity contribution in [3.05, 3.63) is 59.7 Å². The van der Waals surface area contributed by atoms with E-state index in [9.17, 15) is 18.0 Å². The highest BCUT2D eigenvalue weighted by atomic mass is 32.2. The Labute approximate surface area is 142 Å². The normalized spacial score (nSPS) is 10.7. The fourth-order valence-electron chi connectivity index (χ4n) is 1.97. The van der Waals surface area contributed by atoms with Crippen LogP contribution >= 0.6 is 11.8 Å². The van der Waals surface area contributed by atoms with Crippen molar-refractivity contribution in [2.75, 3.05) is 18.2 Å². The minimum Gasteiger partial charge on any atom is -0.304 e. The SMILES string of the molecule is CSc1ccc(C(F)(F)F)cc1N(C)C(=O)C#Cc1ccccc1. The molecule has 0 unspecified atom stereocenters. The number of rotatable bonds is 2. The molecule has 2 aromatic rings. The van der Waals surface area contributed by atoms with Crippen LogP contribution in [0.1, 0.15) is 11.1 Å². The summed E-state index contributed by atoms with van der Waals surface area (Å²) in [7, 11) is 1.41. The Morgan fingerprint density at radius 2 is 1.79 bits per heavy atom. The highest BCUT2D eigenvalue weighted by Gasteiger charge is 2.31. The van der Waals surface area contributed by atoms with E-state index in [0.29, 0.717) is 10.5 Å². The van der Waals surface area contributed by atoms with Crippen molar-refractivity contribution in [2.24, 2.45) is 0 Å². The second kappa shape index (κ2) is 7.45. The summed E-state index contributed by atoms with van der Waals surface area (Å²) in [4.78, 5) is 13.9. The van der Waals surface area contributed by atoms with Gasteiger partial charge in [-0.2, -0.15) is 13.2 Å². The van der Waals surface area contributed by atoms with E-state index in [-0.39, 0.29) is 5.69 Å². The van der Waals surface area contributed by atoms with E-state index in [2.05, 4.69) is 11.8 Å². The average molecular weight is 349 g/mol. The highest BCUT2D eigenvalue weighted by Crippen LogP contribution is 2.36. The van der Waals surface area contributed by atoms with Crippen molar-refractivity contribution < 1.29 is 18.0 Å². The molecule has 6 heteroatoms. The first kappa shape index (κ1) is 18.0. The zero-order valence-corrected chi connectivity index (χ0v) is 13.8. The Morgan fingerprint density at radius 3 is 2.38 bits per heavy atom. The smallest absolute Gasteiger partial charge is 0.304 e. The molecule has 0 heterocycles. The number of alkyl halides is 3. The molecule has 0 N–H and O–H groups in total. The number of nitrogens with zero attached hydrogens (tertiary/aromatic N) is 1. The predicted octanol–water partition coefficient (Wildman–Crippen LogP) is 4.44. The molecule has 0 aliphatic rings. The van der Waals surface area contributed by atoms with Crippen molar-refractivity contribution >= 4 is 23.4 Å². The van der Waals surface area contributed by atoms with E-state index in [0.717, 1.165) is 17.0 Å². The molecule has 0 fully saturated rings. The maximum atomic E-state index is 12.9. The number of halogens is 3. The molecule has 2 aromatic carbocycles. The van der Waals surface area contributed by atoms with Crippen molar-refractivity contribution in [3.8, 4) is 11.8 Å². The van der Waals surface area contributed by atoms with E-state index in [1.807, 2.05) is 6.07 Å². The molecule has 0 saturated carbocycles. The fourth-order valence-corrected chi connectivity index (χ4v) is 2.58. The molecule has 0 spiro atoms. The Hall–Kier alpha value is -2.39. The van der Waals surface area contributed by atoms with Crippen molar-refractivity contribution in [3.63, 3.8) is 0 Å². The number of benzene rings is 2. The number of hydrogen-bond acceptors (Lipinski definition) is 2. The first-order valence-electron chi connectivity index (χ1n) is 6.93. The van der Waals surface area contributed by atoms with Crippen LogP contribution in [0.2, 0.25) is 0 Å². The zero-order chi connectivity index (χ0) is 17.7. The topological polar surface area (TPSA) is 20.3 Å². The molecular weight excluding hydrogens is 335 g/mol. The van der Waals surface area contributed by atoms with Crippen LogP contribution in [0.5, 0.6) is 0 Å². The number of thioether (sulfide) groups is 1. The Balaban J connectivity index is 2.33. The van der Waals surface area contributed by atoms with E-state index in [1.165, 1.54) is 24.9 Å². The number of anilines is 1. The van der Waals surface area contributed by atoms with E-state index >= 15 is 0 Å². The van der Waals surface area contributed by atoms with Crippen LogP contribution in [0.15, 0.2) is 53.4 Å². The van der Waals surface area contributed by atoms with Crippen LogP contribution in [-0.2, 0) is 11.0 Å². The lowest BCUT2D eigenvalue weighted by Crippen LogP contribution is -2.25. The summed E-state index contributed by atoms with van der Waals surface area (Å²) in [6.45, 7) is 0. The number of carbonyl (C=O) groups excluding carboxylic acids is 1. The maximum Gasteiger partial charge on any atom is 0.416 e. The van der Waals surface area contributed by atoms with Gasteiger partial charge < -0.3 is 4.90 Å². The van der Waals surface area contributed by atoms with Crippen LogP contribution in [0.4, 0.5) is 18.9 Å². The third-order valence-electron chi connectivity index (χ3n) is 3.26. The molecule has 0 aromatic heterocycles. The molecule has 0 aliphatic heterocycles. The van der Waals surface area contributed by atoms with Crippen molar-refractivity contribution in [1.29, 1.82) is 0 Å². The van der Waals surface area contributed by atoms with Gasteiger partial charge in [0.05, 0.1) is 11.3 Å². The van der Waals surface area contributed by atoms with Gasteiger partial charge >= 0.3 is 12.1 Å². The molecule has 124 valence electrons. The number of carbonyl (C=O) groups is 1. The molecule has 0 aliphatic carbocycles. The van der Waals surface area contributed by atoms with Gasteiger partial charge in [-0.3, -0.25) is 4.79 Å². The summed E-state index contributed by atoms with van der Waals surface area (Å²) >= 11 is 1.27. The first-order chi connectivity index (χ1) is 11.3. The highest BCUT2D eigenvalue weighted by molar-refractivity contribution is 7.98. The predicted molar refractivity (Wildman–Crippen MR) is 90.0 cm³/mol. The van der Waals surface area contributed by atoms with Gasteiger partial charge in [0.25, 0.3) is 0 Å². The molecule has 0 saturated heterocycles. The average Bonchev–Trinajstić information content (AvgIpc) is 2.58. The van der Waals surface area contributed by atoms with Crippen molar-refractivity contribution in [2.45, 2.75) is 11.1 Å². The van der Waals surface area contributed by atoms with Gasteiger partial charge in [-0.1, -0.05) is 24.1 Å². The monoisotopic (exact) mass is 349 g/mol. The van der Waals surface area contributed by atoms with E-state index in [1.54, 1.807) is 30.5 Å². The summed E-state index contributed by atoms with van der Waals surface area (Å²) in [5.41, 5.74) is 0.0454. The van der Waals surface area contributed by atoms with E-state index in [4.69, 9.17) is 0 Å². The number of amides is 1. The number of hydrogen-bond donors (Lipinski definition) is 0. The second-order valence-electron chi connectivity index (χ2n) is 4.86. The standard InChI is InChI=1S/C18H14F3NOS/c1-22(17(23)11-8-13-6-4-3-5-7-13)15-12-14(18(19,20)21)9-10-16(15)24-2/h3-7,9-10,12H,1-2H3. The lowest BCUT2D eigenvalue weighted by atomic mass is 10.1. The Morgan fingerprint density at radius 1 is 1.12 bits per heavy atom. The van der Waals surface area contributed by atoms with Gasteiger partial charge in [-0.25, -0.2) is 0 Å². The van der Waals surface area contributed by atoms with Crippen molar-refractivity contribution in [1.82, 2.24) is 0 Å². The molecule has 1 amide bonds. The third-order valence-corrected chi connectivity index (χ3v) is 4.04. The largest absolute Gasteiger partial charge is 0.416 e. The molecule has 0 atom stereocenters. The van der Waals surface area contributed by atoms with Gasteiger partial charge in [0.1, 0.15) is 0 Å². The first-order valence-corrected chi connectivity index (χ1v) is 8.15. The van der Waals surface area contributed by atoms with Gasteiger partial charge in [0.2, 0.25) is 0 Å². The van der Waals surface area contributed by atoms with Crippen LogP contribution in [-0.4, -0.2) is 19.2 Å². The molecular formula is C18H14F3NOS. The molecule has 0 bridgehead atoms. The summed E-state index contributed by atoms with van der Waals surface area (Å²) < 4.78 is 38.7. The second-order valence-corrected chi connectivity index (χ2v) is 5.71. The Bertz CT molecular complexity index is 791. The maximum absolute atomic E-state index is 12.9. The van der Waals surface area contributed by atoms with Crippen LogP contribution in [0.3, 0.4) is 0 Å². The van der Waals surface area contributed by atoms with Gasteiger partial charge in [-0.15, -0.1) is 11.8 Å². The lowest BCUT2D eigenvalue weighted by Gasteiger charge is -2.19. The third kappa shape index (κ3) is 4.33. The van der Waals surface area contributed by atoms with Crippen LogP contribution in [0.25, 0.3) is 0 Å². The quantitative estimate of drug-likeness (QED) is 0.590. The fraction of sp³-hybridized carbons (Fsp3) is 0.167. The molecule has 24 heavy (non-hydrogen) atoms. The molecule has 2 nitrogen and oxygen atoms in total. The summed E-state index contributed by atoms with van der Waals surface area (Å²) in [5, 5.41) is 0. The Kier molecular flexibility index (Phi) is 5.58. The van der Waals surface area contributed by atoms with Crippen LogP contribution < -0.4 is 4.90 Å². The lowest BCUT2D eigenvalue weighted by molar-refractivity contribution is -0.137. The molecule has 2 rings (SSSR count). The van der Waals surface area contributed by atoms with Gasteiger partial charge in [0.15, 0.2) is 0 Å². The summed E-state index contributed by atoms with van der Waals surface area (Å²) in [5.74, 6) is 4.58. The summed E-state index contributed by atoms with van der Waals surface area (Å²) in [6, 6.07) is 12.2. The van der Waals surface area contributed by atoms with Gasteiger partial charge in [-0.05, 0) is 36.6 Å². The zero-order valence-electron chi connectivity index (χ0n) is 13.0. The van der Waals surface area contributed by atoms with E-state index < -0.39 is 17.6 Å². The van der Waals surface area contributed by atoms with Gasteiger partial charge in [0, 0.05) is 23.4 Å². The van der Waals surface area contributed by atoms with Crippen LogP contribution in [0, 0.1) is 11.8 Å². The summed E-state index contributed by atoms with van der Waals surface area (Å²) in [6.07, 6.45) is -2.73.